The standard InChI is InChI=1S/C10H19N/c1-8-3-2-4-10(8)11-7-9-5-6-9/h8-11H,2-7H2,1H3/t8-,10-/m1/s1. The Balaban J connectivity index is 1.67. The van der Waals surface area contributed by atoms with Crippen LogP contribution >= 0.6 is 0 Å². The van der Waals surface area contributed by atoms with Gasteiger partial charge in [0.15, 0.2) is 0 Å². The van der Waals surface area contributed by atoms with Crippen LogP contribution in [0, 0.1) is 11.8 Å². The fourth-order valence-corrected chi connectivity index (χ4v) is 2.09. The summed E-state index contributed by atoms with van der Waals surface area (Å²) in [7, 11) is 0. The van der Waals surface area contributed by atoms with E-state index in [1.54, 1.807) is 0 Å². The maximum absolute atomic E-state index is 3.69. The summed E-state index contributed by atoms with van der Waals surface area (Å²) in [5, 5.41) is 3.69. The van der Waals surface area contributed by atoms with Crippen LogP contribution < -0.4 is 5.32 Å². The van der Waals surface area contributed by atoms with Gasteiger partial charge in [0, 0.05) is 6.04 Å². The lowest BCUT2D eigenvalue weighted by Crippen LogP contribution is -2.32. The molecule has 0 amide bonds. The quantitative estimate of drug-likeness (QED) is 0.655. The third kappa shape index (κ3) is 1.96. The Kier molecular flexibility index (Phi) is 2.17. The van der Waals surface area contributed by atoms with Crippen LogP contribution in [0.2, 0.25) is 0 Å². The molecule has 2 atom stereocenters. The van der Waals surface area contributed by atoms with Crippen molar-refractivity contribution in [2.24, 2.45) is 11.8 Å². The third-order valence-corrected chi connectivity index (χ3v) is 3.23. The van der Waals surface area contributed by atoms with Crippen molar-refractivity contribution < 1.29 is 0 Å². The van der Waals surface area contributed by atoms with Gasteiger partial charge in [-0.15, -0.1) is 0 Å². The Labute approximate surface area is 69.6 Å². The second-order valence-electron chi connectivity index (χ2n) is 4.37. The smallest absolute Gasteiger partial charge is 0.00928 e. The van der Waals surface area contributed by atoms with Crippen molar-refractivity contribution >= 4 is 0 Å². The third-order valence-electron chi connectivity index (χ3n) is 3.23. The number of hydrogen-bond acceptors (Lipinski definition) is 1. The molecule has 0 unspecified atom stereocenters. The first-order valence-corrected chi connectivity index (χ1v) is 5.09. The molecule has 0 aromatic carbocycles. The molecule has 0 heterocycles. The van der Waals surface area contributed by atoms with Gasteiger partial charge in [0.25, 0.3) is 0 Å². The van der Waals surface area contributed by atoms with Gasteiger partial charge >= 0.3 is 0 Å². The van der Waals surface area contributed by atoms with Crippen LogP contribution in [0.25, 0.3) is 0 Å². The molecule has 0 spiro atoms. The highest BCUT2D eigenvalue weighted by Gasteiger charge is 2.26. The molecule has 0 bridgehead atoms. The average Bonchev–Trinajstić information content (AvgIpc) is 2.73. The number of hydrogen-bond donors (Lipinski definition) is 1. The van der Waals surface area contributed by atoms with E-state index in [1.807, 2.05) is 0 Å². The monoisotopic (exact) mass is 153 g/mol. The predicted molar refractivity (Wildman–Crippen MR) is 47.5 cm³/mol. The van der Waals surface area contributed by atoms with E-state index in [4.69, 9.17) is 0 Å². The first-order valence-electron chi connectivity index (χ1n) is 5.09. The summed E-state index contributed by atoms with van der Waals surface area (Å²) in [6, 6.07) is 0.857. The van der Waals surface area contributed by atoms with Gasteiger partial charge in [-0.05, 0) is 44.1 Å². The number of rotatable bonds is 3. The highest BCUT2D eigenvalue weighted by molar-refractivity contribution is 4.83. The molecule has 1 N–H and O–H groups in total. The van der Waals surface area contributed by atoms with Crippen molar-refractivity contribution in [3.63, 3.8) is 0 Å². The molecule has 1 nitrogen and oxygen atoms in total. The van der Waals surface area contributed by atoms with E-state index in [-0.39, 0.29) is 0 Å². The van der Waals surface area contributed by atoms with E-state index < -0.39 is 0 Å². The van der Waals surface area contributed by atoms with E-state index in [9.17, 15) is 0 Å². The Morgan fingerprint density at radius 1 is 1.18 bits per heavy atom. The minimum atomic E-state index is 0.857. The second-order valence-corrected chi connectivity index (χ2v) is 4.37. The van der Waals surface area contributed by atoms with Crippen molar-refractivity contribution in [3.05, 3.63) is 0 Å². The van der Waals surface area contributed by atoms with Crippen LogP contribution in [0.15, 0.2) is 0 Å². The molecule has 0 aromatic rings. The van der Waals surface area contributed by atoms with Crippen LogP contribution in [0.1, 0.15) is 39.0 Å². The van der Waals surface area contributed by atoms with E-state index >= 15 is 0 Å². The molecule has 0 saturated heterocycles. The van der Waals surface area contributed by atoms with Crippen LogP contribution in [0.5, 0.6) is 0 Å². The van der Waals surface area contributed by atoms with Crippen molar-refractivity contribution in [1.29, 1.82) is 0 Å². The molecule has 0 aliphatic heterocycles. The molecule has 64 valence electrons. The SMILES string of the molecule is C[C@@H]1CCC[C@H]1NCC1CC1. The Morgan fingerprint density at radius 2 is 2.00 bits per heavy atom. The minimum Gasteiger partial charge on any atom is -0.313 e. The first kappa shape index (κ1) is 7.60. The fourth-order valence-electron chi connectivity index (χ4n) is 2.09. The summed E-state index contributed by atoms with van der Waals surface area (Å²) < 4.78 is 0. The first-order chi connectivity index (χ1) is 5.36. The molecule has 2 saturated carbocycles. The van der Waals surface area contributed by atoms with Gasteiger partial charge in [0.2, 0.25) is 0 Å². The zero-order chi connectivity index (χ0) is 7.68. The largest absolute Gasteiger partial charge is 0.313 e. The molecule has 2 aliphatic carbocycles. The molecule has 2 aliphatic rings. The van der Waals surface area contributed by atoms with Crippen LogP contribution in [0.3, 0.4) is 0 Å². The summed E-state index contributed by atoms with van der Waals surface area (Å²) in [6.07, 6.45) is 7.28. The zero-order valence-electron chi connectivity index (χ0n) is 7.47. The highest BCUT2D eigenvalue weighted by Crippen LogP contribution is 2.30. The molecule has 2 rings (SSSR count). The van der Waals surface area contributed by atoms with Gasteiger partial charge < -0.3 is 5.32 Å². The topological polar surface area (TPSA) is 12.0 Å². The summed E-state index contributed by atoms with van der Waals surface area (Å²) in [6.45, 7) is 3.69. The fraction of sp³-hybridized carbons (Fsp3) is 1.00. The van der Waals surface area contributed by atoms with Crippen LogP contribution in [-0.2, 0) is 0 Å². The van der Waals surface area contributed by atoms with Gasteiger partial charge in [0.1, 0.15) is 0 Å². The van der Waals surface area contributed by atoms with Crippen molar-refractivity contribution in [2.75, 3.05) is 6.54 Å². The van der Waals surface area contributed by atoms with Crippen molar-refractivity contribution in [3.8, 4) is 0 Å². The molecule has 11 heavy (non-hydrogen) atoms. The van der Waals surface area contributed by atoms with E-state index in [1.165, 1.54) is 38.6 Å². The van der Waals surface area contributed by atoms with Crippen molar-refractivity contribution in [2.45, 2.75) is 45.1 Å². The van der Waals surface area contributed by atoms with E-state index in [0.717, 1.165) is 17.9 Å². The average molecular weight is 153 g/mol. The number of nitrogens with one attached hydrogen (secondary N) is 1. The zero-order valence-corrected chi connectivity index (χ0v) is 7.47. The molecular weight excluding hydrogens is 134 g/mol. The lowest BCUT2D eigenvalue weighted by atomic mass is 10.1. The van der Waals surface area contributed by atoms with Gasteiger partial charge in [-0.3, -0.25) is 0 Å². The molecule has 0 aromatic heterocycles. The lowest BCUT2D eigenvalue weighted by molar-refractivity contribution is 0.419. The van der Waals surface area contributed by atoms with Gasteiger partial charge in [0.05, 0.1) is 0 Å². The summed E-state index contributed by atoms with van der Waals surface area (Å²) in [4.78, 5) is 0. The Morgan fingerprint density at radius 3 is 2.55 bits per heavy atom. The summed E-state index contributed by atoms with van der Waals surface area (Å²) >= 11 is 0. The minimum absolute atomic E-state index is 0.857. The summed E-state index contributed by atoms with van der Waals surface area (Å²) in [5.74, 6) is 1.98. The van der Waals surface area contributed by atoms with E-state index in [0.29, 0.717) is 0 Å². The lowest BCUT2D eigenvalue weighted by Gasteiger charge is -2.16. The molecule has 2 fully saturated rings. The predicted octanol–water partition coefficient (Wildman–Crippen LogP) is 2.17. The van der Waals surface area contributed by atoms with Crippen LogP contribution in [0.4, 0.5) is 0 Å². The van der Waals surface area contributed by atoms with Gasteiger partial charge in [-0.1, -0.05) is 13.3 Å². The molecular formula is C10H19N. The van der Waals surface area contributed by atoms with Gasteiger partial charge in [-0.2, -0.15) is 0 Å². The van der Waals surface area contributed by atoms with E-state index in [2.05, 4.69) is 12.2 Å². The normalized spacial score (nSPS) is 37.9. The van der Waals surface area contributed by atoms with Gasteiger partial charge in [-0.25, -0.2) is 0 Å². The molecule has 0 radical (unpaired) electrons. The maximum atomic E-state index is 3.69. The Hall–Kier alpha value is -0.0400. The second kappa shape index (κ2) is 3.14. The highest BCUT2D eigenvalue weighted by atomic mass is 14.9. The molecule has 1 heteroatoms. The Bertz CT molecular complexity index is 129. The maximum Gasteiger partial charge on any atom is 0.00928 e. The summed E-state index contributed by atoms with van der Waals surface area (Å²) in [5.41, 5.74) is 0. The van der Waals surface area contributed by atoms with Crippen molar-refractivity contribution in [1.82, 2.24) is 5.32 Å². The van der Waals surface area contributed by atoms with Crippen LogP contribution in [-0.4, -0.2) is 12.6 Å².